The summed E-state index contributed by atoms with van der Waals surface area (Å²) in [6.45, 7) is 6.66. The van der Waals surface area contributed by atoms with Crippen molar-refractivity contribution in [3.8, 4) is 11.6 Å². The maximum atomic E-state index is 5.94. The SMILES string of the molecule is CCNC(=NCc1nc(-c2ccco2)n[nH]1)N1CCC(COCc2ccccc2)C1. The average Bonchev–Trinajstić information content (AvgIpc) is 3.53. The minimum atomic E-state index is 0.432. The van der Waals surface area contributed by atoms with E-state index in [4.69, 9.17) is 14.1 Å². The van der Waals surface area contributed by atoms with Gasteiger partial charge in [0, 0.05) is 25.6 Å². The summed E-state index contributed by atoms with van der Waals surface area (Å²) in [5.74, 6) is 3.31. The third-order valence-corrected chi connectivity index (χ3v) is 5.04. The molecule has 1 aliphatic rings. The molecule has 2 N–H and O–H groups in total. The van der Waals surface area contributed by atoms with Gasteiger partial charge in [-0.2, -0.15) is 0 Å². The number of H-pyrrole nitrogens is 1. The molecule has 3 heterocycles. The van der Waals surface area contributed by atoms with Gasteiger partial charge in [0.25, 0.3) is 0 Å². The fourth-order valence-corrected chi connectivity index (χ4v) is 3.54. The van der Waals surface area contributed by atoms with Gasteiger partial charge in [0.1, 0.15) is 12.4 Å². The van der Waals surface area contributed by atoms with Crippen LogP contribution >= 0.6 is 0 Å². The molecule has 8 heteroatoms. The molecule has 1 fully saturated rings. The Morgan fingerprint density at radius 1 is 1.30 bits per heavy atom. The van der Waals surface area contributed by atoms with E-state index in [1.165, 1.54) is 5.56 Å². The smallest absolute Gasteiger partial charge is 0.216 e. The Morgan fingerprint density at radius 3 is 3.00 bits per heavy atom. The molecule has 8 nitrogen and oxygen atoms in total. The second-order valence-electron chi connectivity index (χ2n) is 7.35. The van der Waals surface area contributed by atoms with Crippen molar-refractivity contribution < 1.29 is 9.15 Å². The molecule has 30 heavy (non-hydrogen) atoms. The number of guanidine groups is 1. The lowest BCUT2D eigenvalue weighted by Gasteiger charge is -2.21. The van der Waals surface area contributed by atoms with Gasteiger partial charge in [0.05, 0.1) is 19.5 Å². The van der Waals surface area contributed by atoms with Crippen LogP contribution in [0.5, 0.6) is 0 Å². The van der Waals surface area contributed by atoms with Gasteiger partial charge in [0.2, 0.25) is 5.82 Å². The molecule has 0 amide bonds. The second kappa shape index (κ2) is 10.1. The molecule has 4 rings (SSSR count). The first-order valence-corrected chi connectivity index (χ1v) is 10.4. The monoisotopic (exact) mass is 408 g/mol. The summed E-state index contributed by atoms with van der Waals surface area (Å²) in [5, 5.41) is 10.5. The first-order chi connectivity index (χ1) is 14.8. The minimum Gasteiger partial charge on any atom is -0.461 e. The number of rotatable bonds is 8. The van der Waals surface area contributed by atoms with E-state index in [0.29, 0.717) is 36.5 Å². The Hall–Kier alpha value is -3.13. The predicted molar refractivity (Wildman–Crippen MR) is 115 cm³/mol. The normalized spacial score (nSPS) is 16.9. The average molecular weight is 409 g/mol. The maximum Gasteiger partial charge on any atom is 0.216 e. The van der Waals surface area contributed by atoms with Gasteiger partial charge in [-0.15, -0.1) is 5.10 Å². The van der Waals surface area contributed by atoms with Gasteiger partial charge in [0.15, 0.2) is 11.7 Å². The van der Waals surface area contributed by atoms with Crippen molar-refractivity contribution >= 4 is 5.96 Å². The van der Waals surface area contributed by atoms with E-state index in [9.17, 15) is 0 Å². The highest BCUT2D eigenvalue weighted by Crippen LogP contribution is 2.18. The van der Waals surface area contributed by atoms with Crippen molar-refractivity contribution in [3.05, 3.63) is 60.1 Å². The first-order valence-electron chi connectivity index (χ1n) is 10.4. The molecule has 1 aromatic carbocycles. The standard InChI is InChI=1S/C22H28N6O2/c1-2-23-22(24-13-20-25-21(27-26-20)19-9-6-12-30-19)28-11-10-18(14-28)16-29-15-17-7-4-3-5-8-17/h3-9,12,18H,2,10-11,13-16H2,1H3,(H,23,24)(H,25,26,27). The van der Waals surface area contributed by atoms with E-state index < -0.39 is 0 Å². The van der Waals surface area contributed by atoms with Crippen LogP contribution in [0.2, 0.25) is 0 Å². The summed E-state index contributed by atoms with van der Waals surface area (Å²) >= 11 is 0. The van der Waals surface area contributed by atoms with E-state index in [1.807, 2.05) is 30.3 Å². The van der Waals surface area contributed by atoms with Crippen LogP contribution in [0.4, 0.5) is 0 Å². The molecule has 2 aromatic heterocycles. The van der Waals surface area contributed by atoms with E-state index >= 15 is 0 Å². The molecule has 0 bridgehead atoms. The summed E-state index contributed by atoms with van der Waals surface area (Å²) < 4.78 is 11.3. The number of hydrogen-bond donors (Lipinski definition) is 2. The number of aromatic amines is 1. The first kappa shape index (κ1) is 20.2. The number of aliphatic imine (C=N–C) groups is 1. The topological polar surface area (TPSA) is 91.6 Å². The van der Waals surface area contributed by atoms with Gasteiger partial charge >= 0.3 is 0 Å². The number of nitrogens with zero attached hydrogens (tertiary/aromatic N) is 4. The number of hydrogen-bond acceptors (Lipinski definition) is 5. The summed E-state index contributed by atoms with van der Waals surface area (Å²) in [4.78, 5) is 11.5. The van der Waals surface area contributed by atoms with E-state index in [0.717, 1.165) is 38.6 Å². The zero-order valence-electron chi connectivity index (χ0n) is 17.3. The highest BCUT2D eigenvalue weighted by molar-refractivity contribution is 5.80. The number of furan rings is 1. The van der Waals surface area contributed by atoms with Crippen molar-refractivity contribution in [2.75, 3.05) is 26.2 Å². The lowest BCUT2D eigenvalue weighted by atomic mass is 10.1. The molecule has 0 spiro atoms. The second-order valence-corrected chi connectivity index (χ2v) is 7.35. The Balaban J connectivity index is 1.29. The molecular weight excluding hydrogens is 380 g/mol. The third-order valence-electron chi connectivity index (χ3n) is 5.04. The Kier molecular flexibility index (Phi) is 6.76. The molecule has 0 radical (unpaired) electrons. The molecule has 1 atom stereocenters. The van der Waals surface area contributed by atoms with Crippen LogP contribution < -0.4 is 5.32 Å². The molecule has 1 saturated heterocycles. The van der Waals surface area contributed by atoms with Crippen molar-refractivity contribution in [2.24, 2.45) is 10.9 Å². The zero-order valence-corrected chi connectivity index (χ0v) is 17.3. The largest absolute Gasteiger partial charge is 0.461 e. The van der Waals surface area contributed by atoms with Crippen LogP contribution in [-0.2, 0) is 17.9 Å². The van der Waals surface area contributed by atoms with Crippen LogP contribution in [0.1, 0.15) is 24.7 Å². The number of ether oxygens (including phenoxy) is 1. The molecule has 158 valence electrons. The summed E-state index contributed by atoms with van der Waals surface area (Å²) in [6.07, 6.45) is 2.71. The third kappa shape index (κ3) is 5.27. The molecule has 3 aromatic rings. The maximum absolute atomic E-state index is 5.94. The lowest BCUT2D eigenvalue weighted by Crippen LogP contribution is -2.40. The van der Waals surface area contributed by atoms with E-state index in [2.05, 4.69) is 44.5 Å². The number of likely N-dealkylation sites (tertiary alicyclic amines) is 1. The van der Waals surface area contributed by atoms with E-state index in [1.54, 1.807) is 6.26 Å². The summed E-state index contributed by atoms with van der Waals surface area (Å²) in [6, 6.07) is 14.0. The minimum absolute atomic E-state index is 0.432. The van der Waals surface area contributed by atoms with Crippen LogP contribution in [0.3, 0.4) is 0 Å². The van der Waals surface area contributed by atoms with Gasteiger partial charge in [-0.05, 0) is 31.0 Å². The predicted octanol–water partition coefficient (Wildman–Crippen LogP) is 3.07. The highest BCUT2D eigenvalue weighted by atomic mass is 16.5. The molecular formula is C22H28N6O2. The van der Waals surface area contributed by atoms with Crippen molar-refractivity contribution in [3.63, 3.8) is 0 Å². The number of aromatic nitrogens is 3. The van der Waals surface area contributed by atoms with E-state index in [-0.39, 0.29) is 0 Å². The Morgan fingerprint density at radius 2 is 2.20 bits per heavy atom. The van der Waals surface area contributed by atoms with Gasteiger partial charge in [-0.25, -0.2) is 9.98 Å². The van der Waals surface area contributed by atoms with Gasteiger partial charge < -0.3 is 19.4 Å². The number of benzene rings is 1. The van der Waals surface area contributed by atoms with Crippen LogP contribution in [0.15, 0.2) is 58.1 Å². The molecule has 0 saturated carbocycles. The fraction of sp³-hybridized carbons (Fsp3) is 0.409. The Labute approximate surface area is 176 Å². The molecule has 1 unspecified atom stereocenters. The van der Waals surface area contributed by atoms with Gasteiger partial charge in [-0.3, -0.25) is 5.10 Å². The zero-order chi connectivity index (χ0) is 20.6. The quantitative estimate of drug-likeness (QED) is 0.440. The number of nitrogens with one attached hydrogen (secondary N) is 2. The summed E-state index contributed by atoms with van der Waals surface area (Å²) in [7, 11) is 0. The lowest BCUT2D eigenvalue weighted by molar-refractivity contribution is 0.0906. The van der Waals surface area contributed by atoms with Crippen LogP contribution in [0.25, 0.3) is 11.6 Å². The van der Waals surface area contributed by atoms with Crippen molar-refractivity contribution in [1.29, 1.82) is 0 Å². The van der Waals surface area contributed by atoms with Crippen LogP contribution in [-0.4, -0.2) is 52.3 Å². The summed E-state index contributed by atoms with van der Waals surface area (Å²) in [5.41, 5.74) is 1.21. The Bertz CT molecular complexity index is 922. The highest BCUT2D eigenvalue weighted by Gasteiger charge is 2.25. The van der Waals surface area contributed by atoms with Crippen molar-refractivity contribution in [1.82, 2.24) is 25.4 Å². The van der Waals surface area contributed by atoms with Gasteiger partial charge in [-0.1, -0.05) is 30.3 Å². The molecule has 0 aliphatic carbocycles. The molecule has 1 aliphatic heterocycles. The van der Waals surface area contributed by atoms with Crippen LogP contribution in [0, 0.1) is 5.92 Å². The fourth-order valence-electron chi connectivity index (χ4n) is 3.54. The van der Waals surface area contributed by atoms with Crippen molar-refractivity contribution in [2.45, 2.75) is 26.5 Å².